The van der Waals surface area contributed by atoms with Crippen molar-refractivity contribution in [2.24, 2.45) is 4.99 Å². The number of nitrogens with one attached hydrogen (secondary N) is 1. The molecular weight excluding hydrogens is 258 g/mol. The molecule has 0 amide bonds. The van der Waals surface area contributed by atoms with Crippen molar-refractivity contribution in [1.29, 1.82) is 0 Å². The maximum absolute atomic E-state index is 13.1. The number of benzene rings is 2. The van der Waals surface area contributed by atoms with Crippen LogP contribution in [0.15, 0.2) is 53.5 Å². The lowest BCUT2D eigenvalue weighted by atomic mass is 9.82. The van der Waals surface area contributed by atoms with Crippen LogP contribution in [0.3, 0.4) is 0 Å². The lowest BCUT2D eigenvalue weighted by Gasteiger charge is -2.29. The number of nitrogens with zero attached hydrogens (tertiary/aromatic N) is 1. The number of hydrogen-bond acceptors (Lipinski definition) is 2. The molecule has 0 saturated carbocycles. The second-order valence-corrected chi connectivity index (χ2v) is 5.01. The lowest BCUT2D eigenvalue weighted by Crippen LogP contribution is -2.31. The minimum atomic E-state index is -0.592. The number of hydrogen-bond donors (Lipinski definition) is 1. The second kappa shape index (κ2) is 4.71. The van der Waals surface area contributed by atoms with E-state index in [1.165, 1.54) is 24.3 Å². The minimum Gasteiger partial charge on any atom is -0.358 e. The van der Waals surface area contributed by atoms with Gasteiger partial charge in [0.2, 0.25) is 0 Å². The van der Waals surface area contributed by atoms with Gasteiger partial charge in [0.15, 0.2) is 6.34 Å². The summed E-state index contributed by atoms with van der Waals surface area (Å²) in [5, 5.41) is 3.06. The molecule has 2 nitrogen and oxygen atoms in total. The van der Waals surface area contributed by atoms with E-state index in [1.807, 2.05) is 6.92 Å². The Kier molecular flexibility index (Phi) is 3.01. The first kappa shape index (κ1) is 12.8. The Labute approximate surface area is 116 Å². The summed E-state index contributed by atoms with van der Waals surface area (Å²) in [6, 6.07) is 12.4. The summed E-state index contributed by atoms with van der Waals surface area (Å²) in [6.07, 6.45) is 2.78. The van der Waals surface area contributed by atoms with Crippen molar-refractivity contribution in [3.63, 3.8) is 0 Å². The molecule has 0 bridgehead atoms. The van der Waals surface area contributed by atoms with E-state index in [1.54, 1.807) is 24.3 Å². The van der Waals surface area contributed by atoms with Crippen LogP contribution in [-0.4, -0.2) is 6.34 Å². The summed E-state index contributed by atoms with van der Waals surface area (Å²) in [4.78, 5) is 4.37. The van der Waals surface area contributed by atoms with E-state index in [-0.39, 0.29) is 17.7 Å². The Hall–Kier alpha value is -2.23. The highest BCUT2D eigenvalue weighted by molar-refractivity contribution is 5.62. The molecule has 0 aromatic heterocycles. The molecular formula is C16H13F2N2. The molecule has 0 aliphatic carbocycles. The van der Waals surface area contributed by atoms with Crippen LogP contribution in [0.1, 0.15) is 24.1 Å². The smallest absolute Gasteiger partial charge is 0.165 e. The average molecular weight is 271 g/mol. The van der Waals surface area contributed by atoms with Gasteiger partial charge in [-0.2, -0.15) is 0 Å². The van der Waals surface area contributed by atoms with Gasteiger partial charge in [0.1, 0.15) is 17.2 Å². The zero-order valence-corrected chi connectivity index (χ0v) is 10.9. The Morgan fingerprint density at radius 3 is 2.15 bits per heavy atom. The molecule has 4 heteroatoms. The summed E-state index contributed by atoms with van der Waals surface area (Å²) in [7, 11) is 0. The molecule has 20 heavy (non-hydrogen) atoms. The molecule has 0 saturated heterocycles. The van der Waals surface area contributed by atoms with Crippen molar-refractivity contribution < 1.29 is 8.78 Å². The topological polar surface area (TPSA) is 24.4 Å². The van der Waals surface area contributed by atoms with Crippen LogP contribution in [0.25, 0.3) is 0 Å². The molecule has 2 atom stereocenters. The van der Waals surface area contributed by atoms with Crippen molar-refractivity contribution >= 4 is 6.34 Å². The van der Waals surface area contributed by atoms with Crippen molar-refractivity contribution in [3.8, 4) is 0 Å². The highest BCUT2D eigenvalue weighted by Gasteiger charge is 2.39. The van der Waals surface area contributed by atoms with Crippen molar-refractivity contribution in [2.45, 2.75) is 18.5 Å². The summed E-state index contributed by atoms with van der Waals surface area (Å²) >= 11 is 0. The fourth-order valence-electron chi connectivity index (χ4n) is 2.50. The Morgan fingerprint density at radius 2 is 1.55 bits per heavy atom. The molecule has 2 aromatic carbocycles. The van der Waals surface area contributed by atoms with Crippen LogP contribution >= 0.6 is 0 Å². The van der Waals surface area contributed by atoms with E-state index in [0.717, 1.165) is 11.1 Å². The predicted octanol–water partition coefficient (Wildman–Crippen LogP) is 3.43. The highest BCUT2D eigenvalue weighted by Crippen LogP contribution is 2.40. The fourth-order valence-corrected chi connectivity index (χ4v) is 2.50. The quantitative estimate of drug-likeness (QED) is 0.889. The molecule has 0 spiro atoms. The maximum atomic E-state index is 13.1. The minimum absolute atomic E-state index is 0.159. The van der Waals surface area contributed by atoms with E-state index < -0.39 is 5.54 Å². The normalized spacial score (nSPS) is 24.6. The van der Waals surface area contributed by atoms with Gasteiger partial charge in [-0.05, 0) is 42.3 Å². The van der Waals surface area contributed by atoms with E-state index in [2.05, 4.69) is 16.6 Å². The summed E-state index contributed by atoms with van der Waals surface area (Å²) in [5.74, 6) is -0.560. The maximum Gasteiger partial charge on any atom is 0.165 e. The van der Waals surface area contributed by atoms with Gasteiger partial charge < -0.3 is 5.32 Å². The Bertz CT molecular complexity index is 635. The number of aliphatic imine (C=N–C) groups is 1. The van der Waals surface area contributed by atoms with Gasteiger partial charge in [-0.3, -0.25) is 4.99 Å². The van der Waals surface area contributed by atoms with Crippen LogP contribution in [0.5, 0.6) is 0 Å². The van der Waals surface area contributed by atoms with E-state index in [4.69, 9.17) is 0 Å². The van der Waals surface area contributed by atoms with E-state index in [9.17, 15) is 8.78 Å². The second-order valence-electron chi connectivity index (χ2n) is 5.01. The standard InChI is InChI=1S/C16H13F2N2/c1-16(12-4-8-14(18)9-5-12)15(19-10-20-16)11-2-6-13(17)7-3-11/h2-9,15H,1H3,(H,19,20)/t15-,16+/m1/s1. The van der Waals surface area contributed by atoms with Crippen LogP contribution in [-0.2, 0) is 5.54 Å². The Balaban J connectivity index is 2.00. The molecule has 1 N–H and O–H groups in total. The highest BCUT2D eigenvalue weighted by atomic mass is 19.1. The predicted molar refractivity (Wildman–Crippen MR) is 73.5 cm³/mol. The zero-order valence-electron chi connectivity index (χ0n) is 10.9. The molecule has 1 aliphatic rings. The van der Waals surface area contributed by atoms with Gasteiger partial charge in [0.25, 0.3) is 0 Å². The Morgan fingerprint density at radius 1 is 1.00 bits per heavy atom. The molecule has 0 unspecified atom stereocenters. The summed E-state index contributed by atoms with van der Waals surface area (Å²) < 4.78 is 26.1. The van der Waals surface area contributed by atoms with Crippen molar-refractivity contribution in [1.82, 2.24) is 5.32 Å². The third-order valence-corrected chi connectivity index (χ3v) is 3.69. The molecule has 1 aliphatic heterocycles. The molecule has 1 radical (unpaired) electrons. The van der Waals surface area contributed by atoms with E-state index >= 15 is 0 Å². The van der Waals surface area contributed by atoms with Gasteiger partial charge in [-0.15, -0.1) is 0 Å². The SMILES string of the molecule is C[C@@]1(c2ccc(F)cc2)N=[C]N[C@@H]1c1ccc(F)cc1. The summed E-state index contributed by atoms with van der Waals surface area (Å²) in [5.41, 5.74) is 1.20. The van der Waals surface area contributed by atoms with Crippen molar-refractivity contribution in [2.75, 3.05) is 0 Å². The third kappa shape index (κ3) is 2.07. The first-order valence-corrected chi connectivity index (χ1v) is 6.33. The number of rotatable bonds is 2. The molecule has 101 valence electrons. The molecule has 0 fully saturated rings. The van der Waals surface area contributed by atoms with Crippen LogP contribution in [0.2, 0.25) is 0 Å². The van der Waals surface area contributed by atoms with Gasteiger partial charge in [0.05, 0.1) is 6.04 Å². The van der Waals surface area contributed by atoms with E-state index in [0.29, 0.717) is 0 Å². The third-order valence-electron chi connectivity index (χ3n) is 3.69. The van der Waals surface area contributed by atoms with Gasteiger partial charge in [0, 0.05) is 0 Å². The van der Waals surface area contributed by atoms with Gasteiger partial charge >= 0.3 is 0 Å². The largest absolute Gasteiger partial charge is 0.358 e. The fraction of sp³-hybridized carbons (Fsp3) is 0.188. The summed E-state index contributed by atoms with van der Waals surface area (Å²) in [6.45, 7) is 1.95. The van der Waals surface area contributed by atoms with Crippen LogP contribution in [0.4, 0.5) is 8.78 Å². The van der Waals surface area contributed by atoms with Crippen molar-refractivity contribution in [3.05, 3.63) is 71.3 Å². The first-order valence-electron chi connectivity index (χ1n) is 6.33. The van der Waals surface area contributed by atoms with Crippen LogP contribution < -0.4 is 5.32 Å². The molecule has 1 heterocycles. The van der Waals surface area contributed by atoms with Crippen LogP contribution in [0, 0.1) is 11.6 Å². The molecule has 3 rings (SSSR count). The monoisotopic (exact) mass is 271 g/mol. The van der Waals surface area contributed by atoms with Gasteiger partial charge in [-0.25, -0.2) is 8.78 Å². The lowest BCUT2D eigenvalue weighted by molar-refractivity contribution is 0.405. The average Bonchev–Trinajstić information content (AvgIpc) is 2.84. The zero-order chi connectivity index (χ0) is 14.2. The first-order chi connectivity index (χ1) is 9.59. The number of halogens is 2. The van der Waals surface area contributed by atoms with Gasteiger partial charge in [-0.1, -0.05) is 24.3 Å². The molecule has 2 aromatic rings.